The van der Waals surface area contributed by atoms with Crippen LogP contribution >= 0.6 is 0 Å². The van der Waals surface area contributed by atoms with Gasteiger partial charge in [-0.25, -0.2) is 0 Å². The van der Waals surface area contributed by atoms with E-state index < -0.39 is 18.6 Å². The predicted molar refractivity (Wildman–Crippen MR) is 13.9 cm³/mol. The Balaban J connectivity index is 2.85. The molecule has 0 amide bonds. The second-order valence-electron chi connectivity index (χ2n) is 0.470. The summed E-state index contributed by atoms with van der Waals surface area (Å²) in [5, 5.41) is 0. The Morgan fingerprint density at radius 3 is 2.20 bits per heavy atom. The van der Waals surface area contributed by atoms with E-state index in [1.54, 1.807) is 0 Å². The summed E-state index contributed by atoms with van der Waals surface area (Å²) in [6, 6.07) is 0. The van der Waals surface area contributed by atoms with Gasteiger partial charge in [0.1, 0.15) is 0 Å². The first-order valence-corrected chi connectivity index (χ1v) is 3.83. The molecule has 0 saturated carbocycles. The van der Waals surface area contributed by atoms with E-state index in [4.69, 9.17) is 3.69 Å². The molecule has 0 aromatic heterocycles. The molecular formula is H4O3SiTi. The van der Waals surface area contributed by atoms with Gasteiger partial charge in [-0.05, 0) is 0 Å². The number of hydrogen-bond donors (Lipinski definition) is 1. The predicted octanol–water partition coefficient (Wildman–Crippen LogP) is -1.93. The minimum absolute atomic E-state index is 0.385. The van der Waals surface area contributed by atoms with E-state index >= 15 is 0 Å². The summed E-state index contributed by atoms with van der Waals surface area (Å²) in [6.45, 7) is 0. The molecule has 0 fully saturated rings. The Kier molecular flexibility index (Phi) is 3.24. The summed E-state index contributed by atoms with van der Waals surface area (Å²) in [7, 11) is 0.385. The van der Waals surface area contributed by atoms with Crippen molar-refractivity contribution in [3.8, 4) is 0 Å². The van der Waals surface area contributed by atoms with Gasteiger partial charge in [-0.3, -0.25) is 0 Å². The van der Waals surface area contributed by atoms with E-state index in [0.717, 1.165) is 0 Å². The molecule has 5 heteroatoms. The summed E-state index contributed by atoms with van der Waals surface area (Å²) in [4.78, 5) is 0. The summed E-state index contributed by atoms with van der Waals surface area (Å²) in [5.74, 6) is 0. The summed E-state index contributed by atoms with van der Waals surface area (Å²) in [6.07, 6.45) is 0. The van der Waals surface area contributed by atoms with Crippen LogP contribution in [-0.2, 0) is 24.9 Å². The first-order chi connectivity index (χ1) is 2.27. The van der Waals surface area contributed by atoms with Crippen LogP contribution in [0.1, 0.15) is 0 Å². The SMILES string of the molecule is [O]=[Ti]([OH])[O][SiH3]. The van der Waals surface area contributed by atoms with Crippen molar-refractivity contribution >= 4 is 10.5 Å². The van der Waals surface area contributed by atoms with E-state index in [2.05, 4.69) is 3.01 Å². The van der Waals surface area contributed by atoms with E-state index in [1.165, 1.54) is 0 Å². The molecule has 0 aliphatic heterocycles. The van der Waals surface area contributed by atoms with Crippen LogP contribution in [0.3, 0.4) is 0 Å². The fourth-order valence-electron chi connectivity index (χ4n) is 0. The maximum absolute atomic E-state index is 9.43. The standard InChI is InChI=1S/H3OSi.H2O.O.Ti/c1-2;;;/h2H3;1H2;;/q-1;;;+2/p-1. The van der Waals surface area contributed by atoms with E-state index in [1.807, 2.05) is 0 Å². The normalized spacial score (nSPS) is 8.20. The van der Waals surface area contributed by atoms with Gasteiger partial charge >= 0.3 is 39.1 Å². The molecule has 1 N–H and O–H groups in total. The third-order valence-electron chi connectivity index (χ3n) is 0.175. The molecule has 0 aromatic rings. The van der Waals surface area contributed by atoms with Crippen molar-refractivity contribution < 1.29 is 28.6 Å². The molecule has 0 spiro atoms. The number of rotatable bonds is 1. The average molecular weight is 128 g/mol. The zero-order valence-electron chi connectivity index (χ0n) is 2.76. The number of hydrogen-bond acceptors (Lipinski definition) is 2. The molecule has 0 aliphatic rings. The van der Waals surface area contributed by atoms with Crippen LogP contribution in [0.5, 0.6) is 0 Å². The van der Waals surface area contributed by atoms with Crippen molar-refractivity contribution in [2.45, 2.75) is 0 Å². The third-order valence-corrected chi connectivity index (χ3v) is 2.16. The molecule has 0 bridgehead atoms. The van der Waals surface area contributed by atoms with Crippen molar-refractivity contribution in [2.75, 3.05) is 0 Å². The van der Waals surface area contributed by atoms with Gasteiger partial charge in [0.2, 0.25) is 0 Å². The van der Waals surface area contributed by atoms with Gasteiger partial charge in [0.05, 0.1) is 0 Å². The monoisotopic (exact) mass is 128 g/mol. The van der Waals surface area contributed by atoms with Gasteiger partial charge in [-0.15, -0.1) is 0 Å². The Morgan fingerprint density at radius 2 is 2.20 bits per heavy atom. The molecule has 0 radical (unpaired) electrons. The van der Waals surface area contributed by atoms with Gasteiger partial charge < -0.3 is 0 Å². The molecule has 0 unspecified atom stereocenters. The Morgan fingerprint density at radius 1 is 2.00 bits per heavy atom. The maximum atomic E-state index is 9.43. The van der Waals surface area contributed by atoms with Crippen molar-refractivity contribution in [1.29, 1.82) is 0 Å². The van der Waals surface area contributed by atoms with E-state index in [0.29, 0.717) is 10.5 Å². The molecular weight excluding hydrogens is 124 g/mol. The fraction of sp³-hybridized carbons (Fsp3) is 0. The van der Waals surface area contributed by atoms with Gasteiger partial charge in [0.15, 0.2) is 0 Å². The molecule has 3 nitrogen and oxygen atoms in total. The summed E-state index contributed by atoms with van der Waals surface area (Å²) in [5.41, 5.74) is 0. The first-order valence-electron chi connectivity index (χ1n) is 1.04. The van der Waals surface area contributed by atoms with Crippen molar-refractivity contribution in [2.24, 2.45) is 0 Å². The quantitative estimate of drug-likeness (QED) is 0.418. The molecule has 0 rings (SSSR count). The van der Waals surface area contributed by atoms with Crippen molar-refractivity contribution in [3.05, 3.63) is 0 Å². The zero-order chi connectivity index (χ0) is 4.28. The topological polar surface area (TPSA) is 46.5 Å². The second-order valence-corrected chi connectivity index (χ2v) is 3.62. The van der Waals surface area contributed by atoms with Crippen LogP contribution in [-0.4, -0.2) is 14.2 Å². The van der Waals surface area contributed by atoms with Crippen LogP contribution in [0, 0.1) is 0 Å². The van der Waals surface area contributed by atoms with Crippen LogP contribution in [0.2, 0.25) is 0 Å². The Labute approximate surface area is 39.6 Å². The molecule has 30 valence electrons. The van der Waals surface area contributed by atoms with Crippen molar-refractivity contribution in [3.63, 3.8) is 0 Å². The molecule has 0 aromatic carbocycles. The van der Waals surface area contributed by atoms with Gasteiger partial charge in [-0.1, -0.05) is 0 Å². The van der Waals surface area contributed by atoms with Gasteiger partial charge in [0.25, 0.3) is 0 Å². The Hall–Kier alpha value is 0.651. The van der Waals surface area contributed by atoms with Crippen LogP contribution in [0.4, 0.5) is 0 Å². The van der Waals surface area contributed by atoms with E-state index in [9.17, 15) is 3.32 Å². The van der Waals surface area contributed by atoms with E-state index in [-0.39, 0.29) is 0 Å². The van der Waals surface area contributed by atoms with Crippen LogP contribution in [0.15, 0.2) is 0 Å². The summed E-state index contributed by atoms with van der Waals surface area (Å²) < 4.78 is 21.3. The van der Waals surface area contributed by atoms with Gasteiger partial charge in [0, 0.05) is 0 Å². The molecule has 0 atom stereocenters. The average Bonchev–Trinajstić information content (AvgIpc) is 1.38. The molecule has 0 aliphatic carbocycles. The molecule has 5 heavy (non-hydrogen) atoms. The summed E-state index contributed by atoms with van der Waals surface area (Å²) >= 11 is -3.04. The fourth-order valence-corrected chi connectivity index (χ4v) is 0. The van der Waals surface area contributed by atoms with Crippen molar-refractivity contribution in [1.82, 2.24) is 0 Å². The molecule has 0 heterocycles. The first kappa shape index (κ1) is 5.65. The Bertz CT molecular complexity index is 42.2. The molecule has 0 saturated heterocycles. The second kappa shape index (κ2) is 2.87. The van der Waals surface area contributed by atoms with Crippen LogP contribution in [0.25, 0.3) is 0 Å². The zero-order valence-corrected chi connectivity index (χ0v) is 6.33. The van der Waals surface area contributed by atoms with Crippen LogP contribution < -0.4 is 0 Å². The minimum atomic E-state index is -3.04. The third kappa shape index (κ3) is 4.65. The van der Waals surface area contributed by atoms with Gasteiger partial charge in [-0.2, -0.15) is 0 Å².